The third-order valence-electron chi connectivity index (χ3n) is 3.31. The molecule has 1 saturated heterocycles. The monoisotopic (exact) mass is 304 g/mol. The van der Waals surface area contributed by atoms with E-state index in [1.165, 1.54) is 0 Å². The molecule has 0 saturated carbocycles. The highest BCUT2D eigenvalue weighted by molar-refractivity contribution is 7.91. The van der Waals surface area contributed by atoms with Gasteiger partial charge in [-0.3, -0.25) is 4.79 Å². The molecular formula is C11H20N4O4S. The smallest absolute Gasteiger partial charge is 0.326 e. The lowest BCUT2D eigenvalue weighted by molar-refractivity contribution is -0.151. The van der Waals surface area contributed by atoms with Crippen molar-refractivity contribution < 1.29 is 17.9 Å². The summed E-state index contributed by atoms with van der Waals surface area (Å²) < 4.78 is 28.1. The number of carbonyl (C=O) groups excluding carboxylic acids is 1. The summed E-state index contributed by atoms with van der Waals surface area (Å²) in [5, 5.41) is 6.50. The highest BCUT2D eigenvalue weighted by Gasteiger charge is 2.44. The summed E-state index contributed by atoms with van der Waals surface area (Å²) in [5.74, 6) is -0.441. The molecule has 1 N–H and O–H groups in total. The number of nitrogens with one attached hydrogen (secondary N) is 1. The minimum Gasteiger partial charge on any atom is -0.465 e. The molecule has 0 spiro atoms. The molecular weight excluding hydrogens is 284 g/mol. The van der Waals surface area contributed by atoms with E-state index in [-0.39, 0.29) is 31.0 Å². The van der Waals surface area contributed by atoms with Crippen molar-refractivity contribution in [3.63, 3.8) is 0 Å². The van der Waals surface area contributed by atoms with E-state index in [0.717, 1.165) is 0 Å². The van der Waals surface area contributed by atoms with Crippen LogP contribution in [0.25, 0.3) is 10.4 Å². The molecule has 1 rings (SSSR count). The Morgan fingerprint density at radius 1 is 1.45 bits per heavy atom. The lowest BCUT2D eigenvalue weighted by Crippen LogP contribution is -2.57. The second-order valence-corrected chi connectivity index (χ2v) is 6.99. The third kappa shape index (κ3) is 4.66. The number of sulfone groups is 1. The van der Waals surface area contributed by atoms with Crippen molar-refractivity contribution in [1.29, 1.82) is 0 Å². The molecule has 0 aromatic heterocycles. The molecule has 0 aromatic carbocycles. The van der Waals surface area contributed by atoms with E-state index in [0.29, 0.717) is 19.5 Å². The molecule has 0 radical (unpaired) electrons. The minimum atomic E-state index is -3.06. The van der Waals surface area contributed by atoms with Crippen LogP contribution in [0.4, 0.5) is 0 Å². The topological polar surface area (TPSA) is 121 Å². The van der Waals surface area contributed by atoms with Crippen LogP contribution >= 0.6 is 0 Å². The van der Waals surface area contributed by atoms with Gasteiger partial charge in [-0.1, -0.05) is 5.11 Å². The lowest BCUT2D eigenvalue weighted by Gasteiger charge is -2.35. The van der Waals surface area contributed by atoms with Crippen LogP contribution in [0.1, 0.15) is 26.2 Å². The van der Waals surface area contributed by atoms with Crippen LogP contribution < -0.4 is 5.32 Å². The molecule has 114 valence electrons. The van der Waals surface area contributed by atoms with E-state index in [4.69, 9.17) is 10.3 Å². The number of esters is 1. The number of ether oxygens (including phenoxy) is 1. The molecule has 0 atom stereocenters. The molecule has 0 amide bonds. The summed E-state index contributed by atoms with van der Waals surface area (Å²) >= 11 is 0. The summed E-state index contributed by atoms with van der Waals surface area (Å²) in [4.78, 5) is 14.7. The van der Waals surface area contributed by atoms with Gasteiger partial charge in [0.25, 0.3) is 0 Å². The number of hydrogen-bond donors (Lipinski definition) is 1. The van der Waals surface area contributed by atoms with E-state index in [2.05, 4.69) is 15.3 Å². The summed E-state index contributed by atoms with van der Waals surface area (Å²) in [6.07, 6.45) is 1.02. The van der Waals surface area contributed by atoms with E-state index in [1.54, 1.807) is 6.92 Å². The maximum atomic E-state index is 12.1. The third-order valence-corrected chi connectivity index (χ3v) is 4.96. The first-order valence-corrected chi connectivity index (χ1v) is 8.41. The van der Waals surface area contributed by atoms with Gasteiger partial charge >= 0.3 is 5.97 Å². The van der Waals surface area contributed by atoms with Gasteiger partial charge in [-0.15, -0.1) is 0 Å². The molecule has 0 unspecified atom stereocenters. The van der Waals surface area contributed by atoms with Crippen LogP contribution in [0.15, 0.2) is 5.11 Å². The maximum absolute atomic E-state index is 12.1. The fourth-order valence-corrected chi connectivity index (χ4v) is 3.65. The van der Waals surface area contributed by atoms with Crippen molar-refractivity contribution in [3.8, 4) is 0 Å². The van der Waals surface area contributed by atoms with Crippen molar-refractivity contribution in [2.75, 3.05) is 31.2 Å². The minimum absolute atomic E-state index is 0.0187. The van der Waals surface area contributed by atoms with Gasteiger partial charge in [-0.05, 0) is 38.3 Å². The van der Waals surface area contributed by atoms with Crippen molar-refractivity contribution in [3.05, 3.63) is 10.4 Å². The zero-order valence-electron chi connectivity index (χ0n) is 11.5. The molecule has 1 aliphatic rings. The van der Waals surface area contributed by atoms with Gasteiger partial charge < -0.3 is 10.1 Å². The summed E-state index contributed by atoms with van der Waals surface area (Å²) in [6, 6.07) is 0. The Morgan fingerprint density at radius 3 is 2.65 bits per heavy atom. The van der Waals surface area contributed by atoms with Gasteiger partial charge in [0.15, 0.2) is 0 Å². The van der Waals surface area contributed by atoms with E-state index in [9.17, 15) is 13.2 Å². The van der Waals surface area contributed by atoms with Gasteiger partial charge in [-0.2, -0.15) is 0 Å². The quantitative estimate of drug-likeness (QED) is 0.245. The Kier molecular flexibility index (Phi) is 6.25. The summed E-state index contributed by atoms with van der Waals surface area (Å²) in [7, 11) is -3.06. The largest absolute Gasteiger partial charge is 0.465 e. The Morgan fingerprint density at radius 2 is 2.10 bits per heavy atom. The van der Waals surface area contributed by atoms with Crippen LogP contribution in [0.5, 0.6) is 0 Å². The van der Waals surface area contributed by atoms with Crippen molar-refractivity contribution in [1.82, 2.24) is 5.32 Å². The van der Waals surface area contributed by atoms with Crippen LogP contribution in [-0.4, -0.2) is 51.1 Å². The second kappa shape index (κ2) is 7.47. The Hall–Kier alpha value is -1.31. The average molecular weight is 304 g/mol. The molecule has 0 aliphatic carbocycles. The molecule has 20 heavy (non-hydrogen) atoms. The molecule has 9 heteroatoms. The van der Waals surface area contributed by atoms with Gasteiger partial charge in [0.05, 0.1) is 18.1 Å². The van der Waals surface area contributed by atoms with Crippen LogP contribution in [0, 0.1) is 0 Å². The zero-order chi connectivity index (χ0) is 15.1. The number of azide groups is 1. The Labute approximate surface area is 118 Å². The van der Waals surface area contributed by atoms with Crippen molar-refractivity contribution in [2.24, 2.45) is 5.11 Å². The fraction of sp³-hybridized carbons (Fsp3) is 0.909. The van der Waals surface area contributed by atoms with Gasteiger partial charge in [0.2, 0.25) is 0 Å². The molecule has 1 aliphatic heterocycles. The van der Waals surface area contributed by atoms with Crippen LogP contribution in [-0.2, 0) is 19.4 Å². The Balaban J connectivity index is 2.65. The number of rotatable bonds is 7. The number of carbonyl (C=O) groups is 1. The number of hydrogen-bond acceptors (Lipinski definition) is 6. The van der Waals surface area contributed by atoms with E-state index < -0.39 is 21.3 Å². The fourth-order valence-electron chi connectivity index (χ4n) is 2.13. The number of nitrogens with zero attached hydrogens (tertiary/aromatic N) is 3. The SMILES string of the molecule is CCOC(=O)C1(NCCCN=[N+]=[N-])CCS(=O)(=O)CC1. The summed E-state index contributed by atoms with van der Waals surface area (Å²) in [5.41, 5.74) is 7.25. The first-order chi connectivity index (χ1) is 9.46. The molecule has 8 nitrogen and oxygen atoms in total. The lowest BCUT2D eigenvalue weighted by atomic mass is 9.92. The first-order valence-electron chi connectivity index (χ1n) is 6.59. The first kappa shape index (κ1) is 16.7. The van der Waals surface area contributed by atoms with Crippen LogP contribution in [0.3, 0.4) is 0 Å². The highest BCUT2D eigenvalue weighted by atomic mass is 32.2. The van der Waals surface area contributed by atoms with Crippen molar-refractivity contribution >= 4 is 15.8 Å². The maximum Gasteiger partial charge on any atom is 0.326 e. The van der Waals surface area contributed by atoms with Gasteiger partial charge in [0, 0.05) is 11.5 Å². The van der Waals surface area contributed by atoms with Gasteiger partial charge in [0.1, 0.15) is 15.4 Å². The zero-order valence-corrected chi connectivity index (χ0v) is 12.4. The van der Waals surface area contributed by atoms with Crippen molar-refractivity contribution in [2.45, 2.75) is 31.7 Å². The molecule has 1 heterocycles. The molecule has 1 fully saturated rings. The highest BCUT2D eigenvalue weighted by Crippen LogP contribution is 2.25. The van der Waals surface area contributed by atoms with Crippen LogP contribution in [0.2, 0.25) is 0 Å². The predicted molar refractivity (Wildman–Crippen MR) is 73.9 cm³/mol. The second-order valence-electron chi connectivity index (χ2n) is 4.69. The van der Waals surface area contributed by atoms with E-state index >= 15 is 0 Å². The Bertz CT molecular complexity index is 471. The van der Waals surface area contributed by atoms with Gasteiger partial charge in [-0.25, -0.2) is 8.42 Å². The average Bonchev–Trinajstić information content (AvgIpc) is 2.41. The predicted octanol–water partition coefficient (Wildman–Crippen LogP) is 0.787. The normalized spacial score (nSPS) is 19.9. The molecule has 0 bridgehead atoms. The summed E-state index contributed by atoms with van der Waals surface area (Å²) in [6.45, 7) is 2.78. The standard InChI is InChI=1S/C11H20N4O4S/c1-2-19-10(16)11(13-6-3-7-14-15-12)4-8-20(17,18)9-5-11/h13H,2-9H2,1H3. The molecule has 0 aromatic rings. The van der Waals surface area contributed by atoms with E-state index in [1.807, 2.05) is 0 Å².